The van der Waals surface area contributed by atoms with Crippen LogP contribution in [0, 0.1) is 5.82 Å². The van der Waals surface area contributed by atoms with Crippen molar-refractivity contribution in [3.8, 4) is 0 Å². The average molecular weight is 222 g/mol. The number of carbonyl (C=O) groups is 1. The quantitative estimate of drug-likeness (QED) is 0.814. The lowest BCUT2D eigenvalue weighted by atomic mass is 10.1. The second-order valence-corrected chi connectivity index (χ2v) is 4.41. The van der Waals surface area contributed by atoms with Crippen molar-refractivity contribution in [2.75, 3.05) is 0 Å². The molecule has 2 rings (SSSR count). The molecule has 1 fully saturated rings. The van der Waals surface area contributed by atoms with E-state index in [-0.39, 0.29) is 17.8 Å². The first-order chi connectivity index (χ1) is 7.51. The molecule has 3 N–H and O–H groups in total. The van der Waals surface area contributed by atoms with E-state index in [2.05, 4.69) is 5.32 Å². The molecule has 86 valence electrons. The molecule has 0 radical (unpaired) electrons. The van der Waals surface area contributed by atoms with Gasteiger partial charge in [0.15, 0.2) is 0 Å². The highest BCUT2D eigenvalue weighted by molar-refractivity contribution is 5.89. The van der Waals surface area contributed by atoms with Gasteiger partial charge >= 0.3 is 0 Å². The van der Waals surface area contributed by atoms with Crippen molar-refractivity contribution in [2.24, 2.45) is 5.73 Å². The fraction of sp³-hybridized carbons (Fsp3) is 0.417. The molecule has 1 unspecified atom stereocenters. The fourth-order valence-electron chi connectivity index (χ4n) is 1.56. The van der Waals surface area contributed by atoms with Gasteiger partial charge in [0, 0.05) is 0 Å². The van der Waals surface area contributed by atoms with Crippen molar-refractivity contribution in [3.05, 3.63) is 35.6 Å². The largest absolute Gasteiger partial charge is 0.348 e. The fourth-order valence-corrected chi connectivity index (χ4v) is 1.56. The summed E-state index contributed by atoms with van der Waals surface area (Å²) in [6.07, 6.45) is 1.46. The van der Waals surface area contributed by atoms with Crippen molar-refractivity contribution in [1.82, 2.24) is 5.32 Å². The number of nitrogens with two attached hydrogens (primary N) is 1. The Bertz CT molecular complexity index is 415. The van der Waals surface area contributed by atoms with Crippen LogP contribution in [-0.2, 0) is 4.79 Å². The predicted molar refractivity (Wildman–Crippen MR) is 59.1 cm³/mol. The van der Waals surface area contributed by atoms with Crippen LogP contribution in [0.4, 0.5) is 4.39 Å². The zero-order chi connectivity index (χ0) is 11.8. The van der Waals surface area contributed by atoms with Gasteiger partial charge < -0.3 is 11.1 Å². The molecule has 1 saturated carbocycles. The van der Waals surface area contributed by atoms with Crippen LogP contribution in [0.5, 0.6) is 0 Å². The molecule has 1 amide bonds. The Morgan fingerprint density at radius 3 is 2.81 bits per heavy atom. The lowest BCUT2D eigenvalue weighted by Gasteiger charge is -2.17. The van der Waals surface area contributed by atoms with Crippen molar-refractivity contribution in [2.45, 2.75) is 31.3 Å². The summed E-state index contributed by atoms with van der Waals surface area (Å²) < 4.78 is 13.0. The lowest BCUT2D eigenvalue weighted by Crippen LogP contribution is -2.43. The predicted octanol–water partition coefficient (Wildman–Crippen LogP) is 1.49. The molecule has 1 aliphatic rings. The van der Waals surface area contributed by atoms with E-state index in [1.807, 2.05) is 6.92 Å². The van der Waals surface area contributed by atoms with E-state index in [9.17, 15) is 9.18 Å². The zero-order valence-corrected chi connectivity index (χ0v) is 9.16. The van der Waals surface area contributed by atoms with E-state index in [1.165, 1.54) is 12.1 Å². The summed E-state index contributed by atoms with van der Waals surface area (Å²) in [4.78, 5) is 11.7. The maximum atomic E-state index is 13.0. The molecule has 1 aliphatic carbocycles. The molecule has 3 nitrogen and oxygen atoms in total. The van der Waals surface area contributed by atoms with Gasteiger partial charge in [0.05, 0.1) is 11.6 Å². The number of halogens is 1. The molecule has 1 aromatic rings. The third-order valence-corrected chi connectivity index (χ3v) is 2.94. The highest BCUT2D eigenvalue weighted by Gasteiger charge is 2.46. The third kappa shape index (κ3) is 2.22. The monoisotopic (exact) mass is 222 g/mol. The molecule has 0 aromatic heterocycles. The summed E-state index contributed by atoms with van der Waals surface area (Å²) in [6, 6.07) is 5.99. The lowest BCUT2D eigenvalue weighted by molar-refractivity contribution is -0.123. The Balaban J connectivity index is 2.03. The average Bonchev–Trinajstić information content (AvgIpc) is 2.98. The SMILES string of the molecule is CC(NC(=O)C1(N)CC1)c1cccc(F)c1. The summed E-state index contributed by atoms with van der Waals surface area (Å²) in [7, 11) is 0. The maximum absolute atomic E-state index is 13.0. The Hall–Kier alpha value is -1.42. The van der Waals surface area contributed by atoms with E-state index < -0.39 is 5.54 Å². The number of amides is 1. The van der Waals surface area contributed by atoms with Gasteiger partial charge in [-0.15, -0.1) is 0 Å². The minimum absolute atomic E-state index is 0.149. The molecule has 1 atom stereocenters. The molecule has 0 saturated heterocycles. The van der Waals surface area contributed by atoms with Crippen LogP contribution in [-0.4, -0.2) is 11.4 Å². The summed E-state index contributed by atoms with van der Waals surface area (Å²) in [5.74, 6) is -0.447. The van der Waals surface area contributed by atoms with Crippen LogP contribution in [0.3, 0.4) is 0 Å². The first-order valence-electron chi connectivity index (χ1n) is 5.36. The van der Waals surface area contributed by atoms with E-state index in [0.29, 0.717) is 0 Å². The molecule has 16 heavy (non-hydrogen) atoms. The Labute approximate surface area is 93.8 Å². The number of benzene rings is 1. The minimum atomic E-state index is -0.679. The smallest absolute Gasteiger partial charge is 0.240 e. The van der Waals surface area contributed by atoms with Crippen molar-refractivity contribution < 1.29 is 9.18 Å². The van der Waals surface area contributed by atoms with Crippen LogP contribution in [0.15, 0.2) is 24.3 Å². The minimum Gasteiger partial charge on any atom is -0.348 e. The number of hydrogen-bond acceptors (Lipinski definition) is 2. The summed E-state index contributed by atoms with van der Waals surface area (Å²) >= 11 is 0. The summed E-state index contributed by atoms with van der Waals surface area (Å²) in [5, 5.41) is 2.80. The first kappa shape index (κ1) is 11.1. The van der Waals surface area contributed by atoms with Crippen molar-refractivity contribution in [1.29, 1.82) is 0 Å². The van der Waals surface area contributed by atoms with Gasteiger partial charge in [0.25, 0.3) is 0 Å². The Kier molecular flexibility index (Phi) is 2.68. The van der Waals surface area contributed by atoms with Gasteiger partial charge in [-0.2, -0.15) is 0 Å². The number of nitrogens with one attached hydrogen (secondary N) is 1. The second kappa shape index (κ2) is 3.87. The van der Waals surface area contributed by atoms with E-state index in [0.717, 1.165) is 18.4 Å². The molecule has 0 spiro atoms. The summed E-state index contributed by atoms with van der Waals surface area (Å²) in [6.45, 7) is 1.82. The van der Waals surface area contributed by atoms with Gasteiger partial charge in [-0.05, 0) is 37.5 Å². The second-order valence-electron chi connectivity index (χ2n) is 4.41. The van der Waals surface area contributed by atoms with Gasteiger partial charge in [-0.1, -0.05) is 12.1 Å². The van der Waals surface area contributed by atoms with Crippen molar-refractivity contribution in [3.63, 3.8) is 0 Å². The number of rotatable bonds is 3. The Morgan fingerprint density at radius 1 is 1.56 bits per heavy atom. The zero-order valence-electron chi connectivity index (χ0n) is 9.16. The highest BCUT2D eigenvalue weighted by atomic mass is 19.1. The first-order valence-corrected chi connectivity index (χ1v) is 5.36. The molecular weight excluding hydrogens is 207 g/mol. The van der Waals surface area contributed by atoms with Gasteiger partial charge in [0.2, 0.25) is 5.91 Å². The topological polar surface area (TPSA) is 55.1 Å². The van der Waals surface area contributed by atoms with E-state index in [1.54, 1.807) is 12.1 Å². The van der Waals surface area contributed by atoms with Crippen LogP contribution in [0.25, 0.3) is 0 Å². The molecule has 4 heteroatoms. The van der Waals surface area contributed by atoms with Gasteiger partial charge in [0.1, 0.15) is 5.82 Å². The molecule has 0 aliphatic heterocycles. The Morgan fingerprint density at radius 2 is 2.25 bits per heavy atom. The van der Waals surface area contributed by atoms with E-state index in [4.69, 9.17) is 5.73 Å². The summed E-state index contributed by atoms with van der Waals surface area (Å²) in [5.41, 5.74) is 5.83. The molecule has 0 heterocycles. The van der Waals surface area contributed by atoms with E-state index >= 15 is 0 Å². The normalized spacial score (nSPS) is 18.9. The number of hydrogen-bond donors (Lipinski definition) is 2. The van der Waals surface area contributed by atoms with Crippen LogP contribution in [0.2, 0.25) is 0 Å². The molecule has 1 aromatic carbocycles. The molecular formula is C12H15FN2O. The van der Waals surface area contributed by atoms with Crippen LogP contribution < -0.4 is 11.1 Å². The van der Waals surface area contributed by atoms with Crippen molar-refractivity contribution >= 4 is 5.91 Å². The highest BCUT2D eigenvalue weighted by Crippen LogP contribution is 2.32. The molecule has 0 bridgehead atoms. The van der Waals surface area contributed by atoms with Crippen LogP contribution >= 0.6 is 0 Å². The van der Waals surface area contributed by atoms with Crippen LogP contribution in [0.1, 0.15) is 31.4 Å². The maximum Gasteiger partial charge on any atom is 0.240 e. The van der Waals surface area contributed by atoms with Gasteiger partial charge in [-0.3, -0.25) is 4.79 Å². The van der Waals surface area contributed by atoms with Gasteiger partial charge in [-0.25, -0.2) is 4.39 Å². The third-order valence-electron chi connectivity index (χ3n) is 2.94. The number of carbonyl (C=O) groups excluding carboxylic acids is 1. The standard InChI is InChI=1S/C12H15FN2O/c1-8(9-3-2-4-10(13)7-9)15-11(16)12(14)5-6-12/h2-4,7-8H,5-6,14H2,1H3,(H,15,16).